The SMILES string of the molecule is Cc1cccc(C(NN)c2cnccn2)c1Cl. The number of halogens is 1. The van der Waals surface area contributed by atoms with Crippen molar-refractivity contribution >= 4 is 11.6 Å². The predicted molar refractivity (Wildman–Crippen MR) is 67.4 cm³/mol. The molecule has 1 aromatic carbocycles. The number of benzene rings is 1. The van der Waals surface area contributed by atoms with E-state index in [4.69, 9.17) is 17.4 Å². The molecule has 2 rings (SSSR count). The van der Waals surface area contributed by atoms with Crippen LogP contribution in [-0.2, 0) is 0 Å². The first-order valence-corrected chi connectivity index (χ1v) is 5.59. The molecule has 17 heavy (non-hydrogen) atoms. The fourth-order valence-corrected chi connectivity index (χ4v) is 1.92. The third-order valence-electron chi connectivity index (χ3n) is 2.58. The first kappa shape index (κ1) is 12.0. The van der Waals surface area contributed by atoms with E-state index in [1.54, 1.807) is 18.6 Å². The molecule has 1 aromatic heterocycles. The Morgan fingerprint density at radius 1 is 1.35 bits per heavy atom. The summed E-state index contributed by atoms with van der Waals surface area (Å²) in [4.78, 5) is 8.26. The maximum Gasteiger partial charge on any atom is 0.0911 e. The lowest BCUT2D eigenvalue weighted by Crippen LogP contribution is -2.29. The molecule has 3 N–H and O–H groups in total. The average Bonchev–Trinajstić information content (AvgIpc) is 2.37. The Kier molecular flexibility index (Phi) is 3.68. The molecule has 1 unspecified atom stereocenters. The fourth-order valence-electron chi connectivity index (χ4n) is 1.69. The van der Waals surface area contributed by atoms with E-state index in [1.165, 1.54) is 0 Å². The van der Waals surface area contributed by atoms with Crippen LogP contribution in [0.3, 0.4) is 0 Å². The monoisotopic (exact) mass is 248 g/mol. The first-order valence-electron chi connectivity index (χ1n) is 5.21. The van der Waals surface area contributed by atoms with Gasteiger partial charge in [-0.3, -0.25) is 15.8 Å². The highest BCUT2D eigenvalue weighted by Gasteiger charge is 2.17. The van der Waals surface area contributed by atoms with Gasteiger partial charge in [-0.1, -0.05) is 29.8 Å². The fraction of sp³-hybridized carbons (Fsp3) is 0.167. The summed E-state index contributed by atoms with van der Waals surface area (Å²) in [5, 5.41) is 0.695. The van der Waals surface area contributed by atoms with Gasteiger partial charge in [0.2, 0.25) is 0 Å². The molecule has 88 valence electrons. The van der Waals surface area contributed by atoms with Crippen molar-refractivity contribution in [3.63, 3.8) is 0 Å². The Morgan fingerprint density at radius 2 is 2.18 bits per heavy atom. The van der Waals surface area contributed by atoms with E-state index >= 15 is 0 Å². The van der Waals surface area contributed by atoms with Crippen molar-refractivity contribution < 1.29 is 0 Å². The molecule has 2 aromatic rings. The van der Waals surface area contributed by atoms with Crippen LogP contribution in [0.25, 0.3) is 0 Å². The highest BCUT2D eigenvalue weighted by molar-refractivity contribution is 6.32. The second-order valence-electron chi connectivity index (χ2n) is 3.71. The number of rotatable bonds is 3. The van der Waals surface area contributed by atoms with Crippen molar-refractivity contribution in [2.24, 2.45) is 5.84 Å². The van der Waals surface area contributed by atoms with Crippen molar-refractivity contribution in [2.75, 3.05) is 0 Å². The molecule has 1 heterocycles. The minimum atomic E-state index is -0.254. The standard InChI is InChI=1S/C12H13ClN4/c1-8-3-2-4-9(11(8)13)12(17-14)10-7-15-5-6-16-10/h2-7,12,17H,14H2,1H3. The van der Waals surface area contributed by atoms with Crippen LogP contribution in [0.4, 0.5) is 0 Å². The minimum absolute atomic E-state index is 0.254. The molecule has 0 spiro atoms. The zero-order valence-electron chi connectivity index (χ0n) is 9.39. The van der Waals surface area contributed by atoms with E-state index in [0.717, 1.165) is 16.8 Å². The summed E-state index contributed by atoms with van der Waals surface area (Å²) >= 11 is 6.27. The number of aryl methyl sites for hydroxylation is 1. The van der Waals surface area contributed by atoms with Crippen molar-refractivity contribution in [1.29, 1.82) is 0 Å². The van der Waals surface area contributed by atoms with Gasteiger partial charge in [0, 0.05) is 17.4 Å². The number of nitrogens with one attached hydrogen (secondary N) is 1. The van der Waals surface area contributed by atoms with Crippen LogP contribution in [0.1, 0.15) is 22.9 Å². The molecule has 0 amide bonds. The van der Waals surface area contributed by atoms with Gasteiger partial charge < -0.3 is 0 Å². The summed E-state index contributed by atoms with van der Waals surface area (Å²) in [5.41, 5.74) is 5.36. The maximum absolute atomic E-state index is 6.27. The molecule has 0 saturated heterocycles. The summed E-state index contributed by atoms with van der Waals surface area (Å²) in [6.07, 6.45) is 4.92. The summed E-state index contributed by atoms with van der Waals surface area (Å²) in [7, 11) is 0. The van der Waals surface area contributed by atoms with Gasteiger partial charge >= 0.3 is 0 Å². The zero-order chi connectivity index (χ0) is 12.3. The topological polar surface area (TPSA) is 63.8 Å². The van der Waals surface area contributed by atoms with Crippen LogP contribution in [0.5, 0.6) is 0 Å². The number of hydrazine groups is 1. The van der Waals surface area contributed by atoms with Gasteiger partial charge in [-0.25, -0.2) is 5.43 Å². The Balaban J connectivity index is 2.46. The number of aromatic nitrogens is 2. The van der Waals surface area contributed by atoms with Crippen molar-refractivity contribution in [3.8, 4) is 0 Å². The lowest BCUT2D eigenvalue weighted by atomic mass is 10.0. The highest BCUT2D eigenvalue weighted by atomic mass is 35.5. The molecule has 0 aliphatic rings. The van der Waals surface area contributed by atoms with Crippen LogP contribution >= 0.6 is 11.6 Å². The predicted octanol–water partition coefficient (Wildman–Crippen LogP) is 1.99. The molecule has 0 aliphatic heterocycles. The summed E-state index contributed by atoms with van der Waals surface area (Å²) in [5.74, 6) is 5.58. The average molecular weight is 249 g/mol. The van der Waals surface area contributed by atoms with E-state index in [2.05, 4.69) is 15.4 Å². The first-order chi connectivity index (χ1) is 8.24. The van der Waals surface area contributed by atoms with Crippen LogP contribution in [0.15, 0.2) is 36.8 Å². The Hall–Kier alpha value is -1.49. The van der Waals surface area contributed by atoms with Gasteiger partial charge in [0.15, 0.2) is 0 Å². The van der Waals surface area contributed by atoms with E-state index in [9.17, 15) is 0 Å². The highest BCUT2D eigenvalue weighted by Crippen LogP contribution is 2.28. The number of nitrogens with zero attached hydrogens (tertiary/aromatic N) is 2. The molecular formula is C12H13ClN4. The van der Waals surface area contributed by atoms with Crippen molar-refractivity contribution in [3.05, 3.63) is 58.6 Å². The number of hydrogen-bond donors (Lipinski definition) is 2. The van der Waals surface area contributed by atoms with Gasteiger partial charge in [-0.2, -0.15) is 0 Å². The van der Waals surface area contributed by atoms with E-state index in [1.807, 2.05) is 25.1 Å². The quantitative estimate of drug-likeness (QED) is 0.644. The molecule has 0 bridgehead atoms. The van der Waals surface area contributed by atoms with E-state index < -0.39 is 0 Å². The van der Waals surface area contributed by atoms with Crippen molar-refractivity contribution in [2.45, 2.75) is 13.0 Å². The Labute approximate surface area is 105 Å². The maximum atomic E-state index is 6.27. The molecule has 0 aliphatic carbocycles. The van der Waals surface area contributed by atoms with Gasteiger partial charge in [0.25, 0.3) is 0 Å². The lowest BCUT2D eigenvalue weighted by molar-refractivity contribution is 0.617. The van der Waals surface area contributed by atoms with Crippen LogP contribution in [0.2, 0.25) is 5.02 Å². The van der Waals surface area contributed by atoms with Crippen molar-refractivity contribution in [1.82, 2.24) is 15.4 Å². The molecule has 5 heteroatoms. The smallest absolute Gasteiger partial charge is 0.0911 e. The second kappa shape index (κ2) is 5.23. The molecule has 0 fully saturated rings. The van der Waals surface area contributed by atoms with Gasteiger partial charge in [0.1, 0.15) is 0 Å². The largest absolute Gasteiger partial charge is 0.271 e. The van der Waals surface area contributed by atoms with Gasteiger partial charge in [-0.05, 0) is 18.1 Å². The number of nitrogens with two attached hydrogens (primary N) is 1. The molecular weight excluding hydrogens is 236 g/mol. The normalized spacial score (nSPS) is 12.4. The number of hydrogen-bond acceptors (Lipinski definition) is 4. The summed E-state index contributed by atoms with van der Waals surface area (Å²) in [6, 6.07) is 5.57. The molecule has 0 radical (unpaired) electrons. The minimum Gasteiger partial charge on any atom is -0.271 e. The summed E-state index contributed by atoms with van der Waals surface area (Å²) in [6.45, 7) is 1.95. The van der Waals surface area contributed by atoms with E-state index in [0.29, 0.717) is 5.02 Å². The van der Waals surface area contributed by atoms with Crippen LogP contribution < -0.4 is 11.3 Å². The molecule has 0 saturated carbocycles. The summed E-state index contributed by atoms with van der Waals surface area (Å²) < 4.78 is 0. The second-order valence-corrected chi connectivity index (χ2v) is 4.09. The Bertz CT molecular complexity index is 501. The molecule has 1 atom stereocenters. The third kappa shape index (κ3) is 2.44. The lowest BCUT2D eigenvalue weighted by Gasteiger charge is -2.17. The van der Waals surface area contributed by atoms with Gasteiger partial charge in [-0.15, -0.1) is 0 Å². The van der Waals surface area contributed by atoms with Gasteiger partial charge in [0.05, 0.1) is 17.9 Å². The Morgan fingerprint density at radius 3 is 2.82 bits per heavy atom. The zero-order valence-corrected chi connectivity index (χ0v) is 10.1. The molecule has 4 nitrogen and oxygen atoms in total. The van der Waals surface area contributed by atoms with Crippen LogP contribution in [-0.4, -0.2) is 9.97 Å². The third-order valence-corrected chi connectivity index (χ3v) is 3.09. The van der Waals surface area contributed by atoms with E-state index in [-0.39, 0.29) is 6.04 Å². The van der Waals surface area contributed by atoms with Crippen LogP contribution in [0, 0.1) is 6.92 Å².